The number of nitrogens with zero attached hydrogens (tertiary/aromatic N) is 2. The number of methoxy groups -OCH3 is 2. The Bertz CT molecular complexity index is 1000. The van der Waals surface area contributed by atoms with Crippen LogP contribution in [0.25, 0.3) is 0 Å². The molecule has 0 unspecified atom stereocenters. The summed E-state index contributed by atoms with van der Waals surface area (Å²) in [5, 5.41) is 0. The number of hydrogen-bond acceptors (Lipinski definition) is 8. The first-order valence-electron chi connectivity index (χ1n) is 15.2. The fourth-order valence-corrected chi connectivity index (χ4v) is 5.68. The average molecular weight is 575 g/mol. The van der Waals surface area contributed by atoms with Gasteiger partial charge in [-0.25, -0.2) is 4.79 Å². The molecule has 3 saturated heterocycles. The third-order valence-corrected chi connectivity index (χ3v) is 8.96. The molecule has 0 atom stereocenters. The maximum absolute atomic E-state index is 12.4. The van der Waals surface area contributed by atoms with Crippen LogP contribution in [-0.2, 0) is 14.0 Å². The van der Waals surface area contributed by atoms with Gasteiger partial charge in [-0.15, -0.1) is 0 Å². The van der Waals surface area contributed by atoms with Gasteiger partial charge in [-0.1, -0.05) is 0 Å². The van der Waals surface area contributed by atoms with E-state index in [1.165, 1.54) is 0 Å². The van der Waals surface area contributed by atoms with E-state index in [1.807, 2.05) is 65.5 Å². The van der Waals surface area contributed by atoms with Crippen molar-refractivity contribution in [1.82, 2.24) is 9.80 Å². The number of ether oxygens (including phenoxy) is 4. The van der Waals surface area contributed by atoms with Crippen LogP contribution in [0.2, 0.25) is 0 Å². The molecule has 1 aromatic rings. The van der Waals surface area contributed by atoms with Crippen LogP contribution in [0, 0.1) is 11.8 Å². The summed E-state index contributed by atoms with van der Waals surface area (Å²) < 4.78 is 35.8. The van der Waals surface area contributed by atoms with Gasteiger partial charge in [0.15, 0.2) is 11.5 Å². The van der Waals surface area contributed by atoms with Crippen LogP contribution >= 0.6 is 0 Å². The zero-order valence-electron chi connectivity index (χ0n) is 26.7. The molecule has 230 valence electrons. The maximum atomic E-state index is 12.4. The second-order valence-electron chi connectivity index (χ2n) is 13.8. The molecule has 4 rings (SSSR count). The number of rotatable bonds is 8. The van der Waals surface area contributed by atoms with E-state index in [1.54, 1.807) is 14.2 Å². The molecule has 10 heteroatoms. The van der Waals surface area contributed by atoms with Crippen molar-refractivity contribution in [3.63, 3.8) is 0 Å². The largest absolute Gasteiger partial charge is 0.495 e. The normalized spacial score (nSPS) is 22.1. The van der Waals surface area contributed by atoms with Gasteiger partial charge in [0.1, 0.15) is 5.60 Å². The minimum atomic E-state index is -0.509. The molecule has 0 N–H and O–H groups in total. The molecule has 0 aliphatic carbocycles. The van der Waals surface area contributed by atoms with Crippen molar-refractivity contribution in [2.45, 2.75) is 91.0 Å². The van der Waals surface area contributed by atoms with Crippen molar-refractivity contribution >= 4 is 18.7 Å². The highest BCUT2D eigenvalue weighted by molar-refractivity contribution is 6.62. The fourth-order valence-electron chi connectivity index (χ4n) is 5.68. The Morgan fingerprint density at radius 1 is 0.902 bits per heavy atom. The van der Waals surface area contributed by atoms with Gasteiger partial charge < -0.3 is 38.1 Å². The van der Waals surface area contributed by atoms with Crippen molar-refractivity contribution < 1.29 is 33.1 Å². The molecule has 3 aliphatic heterocycles. The summed E-state index contributed by atoms with van der Waals surface area (Å²) in [5.74, 6) is 2.94. The molecule has 3 aliphatic rings. The third-order valence-electron chi connectivity index (χ3n) is 8.96. The van der Waals surface area contributed by atoms with Gasteiger partial charge >= 0.3 is 13.2 Å². The van der Waals surface area contributed by atoms with E-state index in [0.29, 0.717) is 35.7 Å². The van der Waals surface area contributed by atoms with Crippen molar-refractivity contribution in [2.24, 2.45) is 11.8 Å². The fraction of sp³-hybridized carbons (Fsp3) is 0.774. The van der Waals surface area contributed by atoms with E-state index < -0.39 is 23.9 Å². The predicted octanol–water partition coefficient (Wildman–Crippen LogP) is 4.74. The summed E-state index contributed by atoms with van der Waals surface area (Å²) >= 11 is 0. The Labute approximate surface area is 247 Å². The Morgan fingerprint density at radius 2 is 1.41 bits per heavy atom. The molecule has 1 aromatic carbocycles. The molecule has 1 amide bonds. The highest BCUT2D eigenvalue weighted by Gasteiger charge is 2.52. The Balaban J connectivity index is 1.25. The molecular weight excluding hydrogens is 523 g/mol. The summed E-state index contributed by atoms with van der Waals surface area (Å²) in [6.45, 7) is 19.3. The standard InChI is InChI=1S/C31H51BN2O7/c1-29(2,3)39-28(35)34-16-12-22(13-17-34)20-33-14-10-23(11-15-33)21-38-27-25(36-8)18-24(19-26(27)37-9)32-40-30(4,5)31(6,7)41-32/h18-19,22-23H,10-17,20-21H2,1-9H3. The topological polar surface area (TPSA) is 78.9 Å². The SMILES string of the molecule is COc1cc(B2OC(C)(C)C(C)(C)O2)cc(OC)c1OCC1CCN(CC2CCN(C(=O)OC(C)(C)C)CC2)CC1. The lowest BCUT2D eigenvalue weighted by atomic mass is 9.78. The Hall–Kier alpha value is -2.17. The first-order valence-corrected chi connectivity index (χ1v) is 15.2. The number of carbonyl (C=O) groups is 1. The summed E-state index contributed by atoms with van der Waals surface area (Å²) in [4.78, 5) is 16.8. The molecule has 0 spiro atoms. The summed E-state index contributed by atoms with van der Waals surface area (Å²) in [5.41, 5.74) is -0.468. The van der Waals surface area contributed by atoms with Crippen molar-refractivity contribution in [3.05, 3.63) is 12.1 Å². The lowest BCUT2D eigenvalue weighted by Crippen LogP contribution is -2.45. The summed E-state index contributed by atoms with van der Waals surface area (Å²) in [6.07, 6.45) is 4.06. The maximum Gasteiger partial charge on any atom is 0.495 e. The number of piperidine rings is 2. The van der Waals surface area contributed by atoms with Crippen LogP contribution < -0.4 is 19.7 Å². The van der Waals surface area contributed by atoms with Crippen molar-refractivity contribution in [3.8, 4) is 17.2 Å². The van der Waals surface area contributed by atoms with Gasteiger partial charge in [0, 0.05) is 19.6 Å². The lowest BCUT2D eigenvalue weighted by Gasteiger charge is -2.38. The number of likely N-dealkylation sites (tertiary alicyclic amines) is 2. The second kappa shape index (κ2) is 12.6. The van der Waals surface area contributed by atoms with Crippen LogP contribution in [-0.4, -0.2) is 93.4 Å². The van der Waals surface area contributed by atoms with E-state index in [9.17, 15) is 4.79 Å². The van der Waals surface area contributed by atoms with Gasteiger partial charge in [0.2, 0.25) is 5.75 Å². The average Bonchev–Trinajstić information content (AvgIpc) is 3.13. The molecule has 3 heterocycles. The van der Waals surface area contributed by atoms with Gasteiger partial charge in [0.05, 0.1) is 32.0 Å². The highest BCUT2D eigenvalue weighted by Crippen LogP contribution is 2.40. The number of hydrogen-bond donors (Lipinski definition) is 0. The molecule has 3 fully saturated rings. The van der Waals surface area contributed by atoms with Gasteiger partial charge in [-0.05, 0) is 117 Å². The van der Waals surface area contributed by atoms with Crippen LogP contribution in [0.15, 0.2) is 12.1 Å². The van der Waals surface area contributed by atoms with Crippen LogP contribution in [0.3, 0.4) is 0 Å². The first-order chi connectivity index (χ1) is 19.2. The first kappa shape index (κ1) is 31.8. The molecule has 9 nitrogen and oxygen atoms in total. The molecule has 0 saturated carbocycles. The zero-order chi connectivity index (χ0) is 30.0. The highest BCUT2D eigenvalue weighted by atomic mass is 16.7. The lowest BCUT2D eigenvalue weighted by molar-refractivity contribution is 0.00578. The number of carbonyl (C=O) groups excluding carboxylic acids is 1. The minimum absolute atomic E-state index is 0.187. The van der Waals surface area contributed by atoms with Crippen LogP contribution in [0.4, 0.5) is 4.79 Å². The van der Waals surface area contributed by atoms with Crippen LogP contribution in [0.5, 0.6) is 17.2 Å². The number of amides is 1. The number of benzene rings is 1. The van der Waals surface area contributed by atoms with E-state index in [2.05, 4.69) is 4.90 Å². The molecule has 0 aromatic heterocycles. The molecular formula is C31H51BN2O7. The summed E-state index contributed by atoms with van der Waals surface area (Å²) in [7, 11) is 2.78. The molecule has 41 heavy (non-hydrogen) atoms. The van der Waals surface area contributed by atoms with Crippen molar-refractivity contribution in [2.75, 3.05) is 53.6 Å². The quantitative estimate of drug-likeness (QED) is 0.412. The third kappa shape index (κ3) is 7.82. The van der Waals surface area contributed by atoms with Gasteiger partial charge in [-0.3, -0.25) is 0 Å². The molecule has 0 radical (unpaired) electrons. The van der Waals surface area contributed by atoms with Gasteiger partial charge in [-0.2, -0.15) is 0 Å². The Morgan fingerprint density at radius 3 is 1.90 bits per heavy atom. The monoisotopic (exact) mass is 574 g/mol. The smallest absolute Gasteiger partial charge is 0.493 e. The summed E-state index contributed by atoms with van der Waals surface area (Å²) in [6, 6.07) is 3.85. The van der Waals surface area contributed by atoms with E-state index in [4.69, 9.17) is 28.3 Å². The van der Waals surface area contributed by atoms with E-state index in [0.717, 1.165) is 63.9 Å². The minimum Gasteiger partial charge on any atom is -0.493 e. The second-order valence-corrected chi connectivity index (χ2v) is 13.8. The predicted molar refractivity (Wildman–Crippen MR) is 160 cm³/mol. The van der Waals surface area contributed by atoms with E-state index in [-0.39, 0.29) is 6.09 Å². The van der Waals surface area contributed by atoms with E-state index >= 15 is 0 Å². The zero-order valence-corrected chi connectivity index (χ0v) is 26.7. The van der Waals surface area contributed by atoms with Crippen LogP contribution in [0.1, 0.15) is 74.1 Å². The Kier molecular flexibility index (Phi) is 9.76. The van der Waals surface area contributed by atoms with Crippen molar-refractivity contribution in [1.29, 1.82) is 0 Å². The van der Waals surface area contributed by atoms with Gasteiger partial charge in [0.25, 0.3) is 0 Å². The molecule has 0 bridgehead atoms.